The van der Waals surface area contributed by atoms with E-state index in [0.29, 0.717) is 22.7 Å². The monoisotopic (exact) mass is 1220 g/mol. The maximum atomic E-state index is 10.3. The van der Waals surface area contributed by atoms with Gasteiger partial charge < -0.3 is 19.1 Å². The fourth-order valence-corrected chi connectivity index (χ4v) is 12.1. The molecule has 0 fully saturated rings. The first-order chi connectivity index (χ1) is 39.2. The van der Waals surface area contributed by atoms with Crippen LogP contribution in [0.1, 0.15) is 54.2 Å². The molecular weight excluding hydrogens is 1170 g/mol. The van der Waals surface area contributed by atoms with E-state index in [1.165, 1.54) is 5.56 Å². The van der Waals surface area contributed by atoms with Crippen LogP contribution in [0.2, 0.25) is 0 Å². The quantitative estimate of drug-likeness (QED) is 0.135. The van der Waals surface area contributed by atoms with Crippen LogP contribution in [0.25, 0.3) is 65.8 Å². The summed E-state index contributed by atoms with van der Waals surface area (Å²) < 4.78 is 8.94. The van der Waals surface area contributed by atoms with Crippen molar-refractivity contribution < 1.29 is 25.8 Å². The predicted octanol–water partition coefficient (Wildman–Crippen LogP) is 18.4. The number of nitrogens with zero attached hydrogens (tertiary/aromatic N) is 6. The molecule has 390 valence electrons. The first-order valence-corrected chi connectivity index (χ1v) is 26.8. The van der Waals surface area contributed by atoms with Crippen LogP contribution in [0.3, 0.4) is 0 Å². The molecule has 10 aromatic carbocycles. The summed E-state index contributed by atoms with van der Waals surface area (Å²) in [7, 11) is 0. The molecule has 0 bridgehead atoms. The topological polar surface area (TPSA) is 61.7 Å². The van der Waals surface area contributed by atoms with Gasteiger partial charge in [-0.25, -0.2) is 9.83 Å². The van der Waals surface area contributed by atoms with E-state index < -0.39 is 5.41 Å². The van der Waals surface area contributed by atoms with E-state index in [-0.39, 0.29) is 26.5 Å². The van der Waals surface area contributed by atoms with Gasteiger partial charge >= 0.3 is 0 Å². The molecule has 1 atom stereocenters. The number of hydrogen-bond donors (Lipinski definition) is 0. The number of aromatic nitrogens is 2. The van der Waals surface area contributed by atoms with Crippen LogP contribution >= 0.6 is 0 Å². The minimum absolute atomic E-state index is 0. The van der Waals surface area contributed by atoms with Crippen LogP contribution in [0.15, 0.2) is 237 Å². The zero-order chi connectivity index (χ0) is 54.1. The second-order valence-corrected chi connectivity index (χ2v) is 21.4. The van der Waals surface area contributed by atoms with Gasteiger partial charge in [-0.05, 0) is 122 Å². The second-order valence-electron chi connectivity index (χ2n) is 21.4. The maximum Gasteiger partial charge on any atom is 0.187 e. The molecule has 0 amide bonds. The maximum absolute atomic E-state index is 10.3. The third kappa shape index (κ3) is 8.40. The van der Waals surface area contributed by atoms with Gasteiger partial charge in [0.05, 0.1) is 23.6 Å². The third-order valence-corrected chi connectivity index (χ3v) is 15.8. The molecular formula is C73H49N6OPt-3. The molecule has 0 saturated heterocycles. The van der Waals surface area contributed by atoms with E-state index in [9.17, 15) is 5.26 Å². The van der Waals surface area contributed by atoms with Gasteiger partial charge in [0.15, 0.2) is 5.69 Å². The average molecular weight is 1220 g/mol. The predicted molar refractivity (Wildman–Crippen MR) is 322 cm³/mol. The van der Waals surface area contributed by atoms with Gasteiger partial charge in [0.2, 0.25) is 0 Å². The molecule has 0 N–H and O–H groups in total. The Morgan fingerprint density at radius 2 is 1.21 bits per heavy atom. The molecule has 12 aromatic rings. The third-order valence-electron chi connectivity index (χ3n) is 15.8. The molecule has 2 aromatic heterocycles. The number of ether oxygens (including phenoxy) is 1. The van der Waals surface area contributed by atoms with Crippen molar-refractivity contribution in [2.75, 3.05) is 9.80 Å². The van der Waals surface area contributed by atoms with Crippen LogP contribution in [0, 0.1) is 36.7 Å². The summed E-state index contributed by atoms with van der Waals surface area (Å²) in [5.74, 6) is 1.94. The van der Waals surface area contributed by atoms with Gasteiger partial charge in [0.1, 0.15) is 5.82 Å². The Morgan fingerprint density at radius 3 is 1.90 bits per heavy atom. The molecule has 7 nitrogen and oxygen atoms in total. The summed E-state index contributed by atoms with van der Waals surface area (Å²) in [6.45, 7) is 16.9. The molecule has 0 spiro atoms. The Bertz CT molecular complexity index is 4390. The Balaban J connectivity index is 0.00000618. The molecule has 3 heterocycles. The number of para-hydroxylation sites is 3. The second kappa shape index (κ2) is 20.1. The Morgan fingerprint density at radius 1 is 0.580 bits per heavy atom. The van der Waals surface area contributed by atoms with E-state index in [2.05, 4.69) is 253 Å². The fraction of sp³-hybridized carbons (Fsp3) is 0.0685. The van der Waals surface area contributed by atoms with E-state index >= 15 is 0 Å². The molecule has 2 aliphatic rings. The van der Waals surface area contributed by atoms with Crippen LogP contribution < -0.4 is 14.5 Å². The molecule has 8 heteroatoms. The van der Waals surface area contributed by atoms with E-state index in [4.69, 9.17) is 16.3 Å². The number of nitriles is 1. The van der Waals surface area contributed by atoms with Crippen molar-refractivity contribution in [1.29, 1.82) is 5.26 Å². The van der Waals surface area contributed by atoms with E-state index in [0.717, 1.165) is 106 Å². The molecule has 14 rings (SSSR count). The first-order valence-electron chi connectivity index (χ1n) is 26.8. The SMILES string of the molecule is [C-]#[N+]c1ccc2c(c1)-c1cc(C#N)ccc1C2(c1ccccc1)c1cc(-c2ccccc2)c(N2[CH-]N(c3[c-]c(Oc4[c-]c5c(cc4)c4ccccc4n5-c4cc(C(C)(C)C)ccn4)ccc3)c3ccccc32)c(-c2ccccc2)c1.[Pt]. The fourth-order valence-electron chi connectivity index (χ4n) is 12.1. The smallest absolute Gasteiger partial charge is 0.187 e. The van der Waals surface area contributed by atoms with Gasteiger partial charge in [-0.1, -0.05) is 166 Å². The zero-order valence-electron chi connectivity index (χ0n) is 44.5. The average Bonchev–Trinajstić information content (AvgIpc) is 2.67. The summed E-state index contributed by atoms with van der Waals surface area (Å²) in [6.07, 6.45) is 1.89. The van der Waals surface area contributed by atoms with Crippen molar-refractivity contribution in [3.05, 3.63) is 300 Å². The van der Waals surface area contributed by atoms with Crippen molar-refractivity contribution in [3.63, 3.8) is 0 Å². The van der Waals surface area contributed by atoms with Gasteiger partial charge in [0, 0.05) is 72.5 Å². The number of rotatable bonds is 9. The number of hydrogen-bond acceptors (Lipinski definition) is 5. The van der Waals surface area contributed by atoms with Gasteiger partial charge in [-0.2, -0.15) is 17.4 Å². The van der Waals surface area contributed by atoms with Crippen LogP contribution in [0.4, 0.5) is 28.4 Å². The van der Waals surface area contributed by atoms with Crippen molar-refractivity contribution in [1.82, 2.24) is 9.55 Å². The first kappa shape index (κ1) is 50.7. The van der Waals surface area contributed by atoms with Crippen molar-refractivity contribution >= 4 is 50.2 Å². The number of anilines is 4. The van der Waals surface area contributed by atoms with Gasteiger partial charge in [-0.15, -0.1) is 48.1 Å². The number of pyridine rings is 1. The molecule has 0 saturated carbocycles. The summed E-state index contributed by atoms with van der Waals surface area (Å²) >= 11 is 0. The largest absolute Gasteiger partial charge is 0.509 e. The number of benzene rings is 10. The molecule has 81 heavy (non-hydrogen) atoms. The minimum Gasteiger partial charge on any atom is -0.509 e. The van der Waals surface area contributed by atoms with Crippen LogP contribution in [-0.2, 0) is 31.9 Å². The Labute approximate surface area is 486 Å². The van der Waals surface area contributed by atoms with Crippen molar-refractivity contribution in [3.8, 4) is 56.8 Å². The van der Waals surface area contributed by atoms with Gasteiger partial charge in [-0.3, -0.25) is 0 Å². The zero-order valence-corrected chi connectivity index (χ0v) is 46.8. The molecule has 1 aliphatic carbocycles. The van der Waals surface area contributed by atoms with Crippen LogP contribution in [-0.4, -0.2) is 9.55 Å². The normalized spacial score (nSPS) is 14.2. The Hall–Kier alpha value is -9.78. The summed E-state index contributed by atoms with van der Waals surface area (Å²) in [4.78, 5) is 13.3. The number of fused-ring (bicyclic) bond motifs is 7. The molecule has 1 unspecified atom stereocenters. The van der Waals surface area contributed by atoms with E-state index in [1.54, 1.807) is 0 Å². The summed E-state index contributed by atoms with van der Waals surface area (Å²) in [5, 5.41) is 12.5. The summed E-state index contributed by atoms with van der Waals surface area (Å²) in [6, 6.07) is 89.7. The van der Waals surface area contributed by atoms with Crippen molar-refractivity contribution in [2.45, 2.75) is 31.6 Å². The van der Waals surface area contributed by atoms with Crippen LogP contribution in [0.5, 0.6) is 11.5 Å². The van der Waals surface area contributed by atoms with E-state index in [1.807, 2.05) is 48.7 Å². The standard InChI is InChI=1S/C73H49N6O.Pt/c1-72(2,3)52-37-38-76-70(42-52)79-66-28-15-14-27-58(66)59-34-33-57(45-69(59)79)80-56-26-18-25-55(44-56)77-47-78(68-30-17-16-29-67(68)77)71-60(49-19-8-5-9-20-49)40-53(41-61(71)50-21-10-6-11-22-50)73(51-23-12-7-13-24-51)64-35-31-48(46-74)39-62(64)63-43-54(75-4)32-36-65(63)73;/h5-43,47H,1-3H3;/q-3;. The molecule has 0 radical (unpaired) electrons. The summed E-state index contributed by atoms with van der Waals surface area (Å²) in [5.41, 5.74) is 17.4. The van der Waals surface area contributed by atoms with Crippen molar-refractivity contribution in [2.24, 2.45) is 0 Å². The molecule has 1 aliphatic heterocycles. The minimum atomic E-state index is -0.840. The van der Waals surface area contributed by atoms with Gasteiger partial charge in [0.25, 0.3) is 0 Å². The Kier molecular flexibility index (Phi) is 12.6.